The second-order valence-electron chi connectivity index (χ2n) is 3.47. The summed E-state index contributed by atoms with van der Waals surface area (Å²) in [6.45, 7) is 7.11. The molecule has 2 atom stereocenters. The Morgan fingerprint density at radius 2 is 2.27 bits per heavy atom. The van der Waals surface area contributed by atoms with E-state index in [0.29, 0.717) is 12.0 Å². The number of nitrogens with zero attached hydrogens (tertiary/aromatic N) is 1. The summed E-state index contributed by atoms with van der Waals surface area (Å²) in [6.07, 6.45) is 0.106. The van der Waals surface area contributed by atoms with Gasteiger partial charge >= 0.3 is 0 Å². The Labute approximate surface area is 68.0 Å². The standard InChI is InChI=1S/C8H17NO2/c1-6(2)8-9(5-10)7(3)4-11-8/h6-8,10H,4-5H2,1-3H3. The zero-order valence-corrected chi connectivity index (χ0v) is 7.45. The summed E-state index contributed by atoms with van der Waals surface area (Å²) < 4.78 is 5.50. The highest BCUT2D eigenvalue weighted by Crippen LogP contribution is 2.21. The lowest BCUT2D eigenvalue weighted by Crippen LogP contribution is -2.38. The fourth-order valence-electron chi connectivity index (χ4n) is 1.48. The van der Waals surface area contributed by atoms with Crippen molar-refractivity contribution in [1.82, 2.24) is 4.90 Å². The average molecular weight is 159 g/mol. The zero-order valence-electron chi connectivity index (χ0n) is 7.45. The van der Waals surface area contributed by atoms with E-state index in [1.54, 1.807) is 0 Å². The Morgan fingerprint density at radius 1 is 1.64 bits per heavy atom. The molecule has 1 fully saturated rings. The van der Waals surface area contributed by atoms with Crippen LogP contribution in [0.1, 0.15) is 20.8 Å². The van der Waals surface area contributed by atoms with E-state index in [4.69, 9.17) is 9.84 Å². The molecule has 0 spiro atoms. The summed E-state index contributed by atoms with van der Waals surface area (Å²) in [7, 11) is 0. The predicted octanol–water partition coefficient (Wildman–Crippen LogP) is 0.639. The van der Waals surface area contributed by atoms with Gasteiger partial charge in [-0.3, -0.25) is 0 Å². The smallest absolute Gasteiger partial charge is 0.115 e. The fraction of sp³-hybridized carbons (Fsp3) is 1.00. The molecule has 11 heavy (non-hydrogen) atoms. The molecule has 1 N–H and O–H groups in total. The van der Waals surface area contributed by atoms with Gasteiger partial charge in [0.25, 0.3) is 0 Å². The first-order valence-corrected chi connectivity index (χ1v) is 4.15. The second-order valence-corrected chi connectivity index (χ2v) is 3.47. The van der Waals surface area contributed by atoms with E-state index in [9.17, 15) is 0 Å². The van der Waals surface area contributed by atoms with E-state index in [1.165, 1.54) is 0 Å². The highest BCUT2D eigenvalue weighted by atomic mass is 16.5. The maximum absolute atomic E-state index is 9.00. The lowest BCUT2D eigenvalue weighted by molar-refractivity contribution is -0.0414. The van der Waals surface area contributed by atoms with Gasteiger partial charge in [-0.25, -0.2) is 4.90 Å². The average Bonchev–Trinajstić information content (AvgIpc) is 2.30. The van der Waals surface area contributed by atoms with Crippen molar-refractivity contribution < 1.29 is 9.84 Å². The molecule has 1 saturated heterocycles. The van der Waals surface area contributed by atoms with Gasteiger partial charge in [-0.15, -0.1) is 0 Å². The van der Waals surface area contributed by atoms with Crippen LogP contribution in [0.3, 0.4) is 0 Å². The van der Waals surface area contributed by atoms with Gasteiger partial charge in [0.15, 0.2) is 0 Å². The van der Waals surface area contributed by atoms with Crippen LogP contribution in [-0.2, 0) is 4.74 Å². The molecular weight excluding hydrogens is 142 g/mol. The SMILES string of the molecule is CC(C)C1OCC(C)N1CO. The van der Waals surface area contributed by atoms with Crippen molar-refractivity contribution in [2.75, 3.05) is 13.3 Å². The Kier molecular flexibility index (Phi) is 2.87. The van der Waals surface area contributed by atoms with Gasteiger partial charge in [0.2, 0.25) is 0 Å². The predicted molar refractivity (Wildman–Crippen MR) is 43.0 cm³/mol. The quantitative estimate of drug-likeness (QED) is 0.641. The van der Waals surface area contributed by atoms with Crippen molar-refractivity contribution in [2.24, 2.45) is 5.92 Å². The Hall–Kier alpha value is -0.120. The summed E-state index contributed by atoms with van der Waals surface area (Å²) >= 11 is 0. The molecule has 3 heteroatoms. The van der Waals surface area contributed by atoms with Crippen LogP contribution in [0.4, 0.5) is 0 Å². The van der Waals surface area contributed by atoms with Crippen LogP contribution in [0, 0.1) is 5.92 Å². The molecule has 0 aromatic carbocycles. The van der Waals surface area contributed by atoms with Gasteiger partial charge in [0.05, 0.1) is 13.3 Å². The molecule has 0 amide bonds. The minimum absolute atomic E-state index is 0.101. The fourth-order valence-corrected chi connectivity index (χ4v) is 1.48. The molecule has 66 valence electrons. The summed E-state index contributed by atoms with van der Waals surface area (Å²) in [5.74, 6) is 0.451. The summed E-state index contributed by atoms with van der Waals surface area (Å²) in [5, 5.41) is 9.00. The van der Waals surface area contributed by atoms with E-state index >= 15 is 0 Å². The molecule has 1 heterocycles. The van der Waals surface area contributed by atoms with Crippen LogP contribution in [-0.4, -0.2) is 35.6 Å². The van der Waals surface area contributed by atoms with Crippen molar-refractivity contribution >= 4 is 0 Å². The van der Waals surface area contributed by atoms with E-state index in [2.05, 4.69) is 20.8 Å². The Balaban J connectivity index is 2.54. The molecule has 0 aliphatic carbocycles. The van der Waals surface area contributed by atoms with Crippen molar-refractivity contribution in [3.8, 4) is 0 Å². The van der Waals surface area contributed by atoms with Gasteiger partial charge < -0.3 is 9.84 Å². The molecule has 2 unspecified atom stereocenters. The third-order valence-corrected chi connectivity index (χ3v) is 2.13. The molecule has 1 aliphatic heterocycles. The van der Waals surface area contributed by atoms with Crippen LogP contribution < -0.4 is 0 Å². The van der Waals surface area contributed by atoms with Gasteiger partial charge in [-0.2, -0.15) is 0 Å². The molecule has 0 saturated carbocycles. The molecule has 1 aliphatic rings. The van der Waals surface area contributed by atoms with E-state index in [1.807, 2.05) is 4.90 Å². The summed E-state index contributed by atoms with van der Waals surface area (Å²) in [4.78, 5) is 1.98. The first-order chi connectivity index (χ1) is 5.16. The zero-order chi connectivity index (χ0) is 8.43. The summed E-state index contributed by atoms with van der Waals surface area (Å²) in [5.41, 5.74) is 0. The molecule has 1 rings (SSSR count). The third kappa shape index (κ3) is 1.72. The topological polar surface area (TPSA) is 32.7 Å². The van der Waals surface area contributed by atoms with Crippen molar-refractivity contribution in [1.29, 1.82) is 0 Å². The number of aliphatic hydroxyl groups is 1. The molecule has 0 radical (unpaired) electrons. The molecule has 3 nitrogen and oxygen atoms in total. The second kappa shape index (κ2) is 3.52. The molecule has 0 aromatic heterocycles. The third-order valence-electron chi connectivity index (χ3n) is 2.13. The van der Waals surface area contributed by atoms with Gasteiger partial charge in [0, 0.05) is 6.04 Å². The van der Waals surface area contributed by atoms with E-state index in [0.717, 1.165) is 6.61 Å². The molecular formula is C8H17NO2. The van der Waals surface area contributed by atoms with Gasteiger partial charge in [-0.05, 0) is 12.8 Å². The first kappa shape index (κ1) is 8.97. The highest BCUT2D eigenvalue weighted by molar-refractivity contribution is 4.76. The number of rotatable bonds is 2. The van der Waals surface area contributed by atoms with Crippen molar-refractivity contribution in [2.45, 2.75) is 33.0 Å². The lowest BCUT2D eigenvalue weighted by atomic mass is 10.2. The minimum Gasteiger partial charge on any atom is -0.381 e. The Bertz CT molecular complexity index is 127. The number of hydrogen-bond donors (Lipinski definition) is 1. The largest absolute Gasteiger partial charge is 0.381 e. The minimum atomic E-state index is 0.101. The highest BCUT2D eigenvalue weighted by Gasteiger charge is 2.32. The van der Waals surface area contributed by atoms with E-state index in [-0.39, 0.29) is 13.0 Å². The Morgan fingerprint density at radius 3 is 2.64 bits per heavy atom. The van der Waals surface area contributed by atoms with Gasteiger partial charge in [0.1, 0.15) is 6.23 Å². The monoisotopic (exact) mass is 159 g/mol. The van der Waals surface area contributed by atoms with Crippen molar-refractivity contribution in [3.63, 3.8) is 0 Å². The van der Waals surface area contributed by atoms with E-state index < -0.39 is 0 Å². The number of hydrogen-bond acceptors (Lipinski definition) is 3. The van der Waals surface area contributed by atoms with Crippen LogP contribution in [0.25, 0.3) is 0 Å². The van der Waals surface area contributed by atoms with Gasteiger partial charge in [-0.1, -0.05) is 13.8 Å². The number of ether oxygens (including phenoxy) is 1. The van der Waals surface area contributed by atoms with Crippen LogP contribution in [0.2, 0.25) is 0 Å². The lowest BCUT2D eigenvalue weighted by Gasteiger charge is -2.26. The molecule has 0 aromatic rings. The van der Waals surface area contributed by atoms with Crippen molar-refractivity contribution in [3.05, 3.63) is 0 Å². The maximum atomic E-state index is 9.00. The number of aliphatic hydroxyl groups excluding tert-OH is 1. The van der Waals surface area contributed by atoms with Crippen LogP contribution in [0.15, 0.2) is 0 Å². The summed E-state index contributed by atoms with van der Waals surface area (Å²) in [6, 6.07) is 0.354. The first-order valence-electron chi connectivity index (χ1n) is 4.15. The van der Waals surface area contributed by atoms with Crippen LogP contribution >= 0.6 is 0 Å². The van der Waals surface area contributed by atoms with Crippen LogP contribution in [0.5, 0.6) is 0 Å². The normalized spacial score (nSPS) is 33.5. The molecule has 0 bridgehead atoms. The maximum Gasteiger partial charge on any atom is 0.115 e.